The molecule has 3 rings (SSSR count). The third-order valence-corrected chi connectivity index (χ3v) is 4.74. The number of oxime groups is 1. The summed E-state index contributed by atoms with van der Waals surface area (Å²) in [5.41, 5.74) is -0.121. The highest BCUT2D eigenvalue weighted by atomic mass is 19.4. The Morgan fingerprint density at radius 2 is 1.96 bits per heavy atom. The molecule has 1 saturated carbocycles. The summed E-state index contributed by atoms with van der Waals surface area (Å²) in [5.74, 6) is -0.536. The maximum atomic E-state index is 12.8. The number of alkyl halides is 3. The normalized spacial score (nSPS) is 26.0. The fourth-order valence-electron chi connectivity index (χ4n) is 3.52. The van der Waals surface area contributed by atoms with Gasteiger partial charge in [0, 0.05) is 17.0 Å². The van der Waals surface area contributed by atoms with E-state index in [4.69, 9.17) is 4.84 Å². The van der Waals surface area contributed by atoms with E-state index in [1.165, 1.54) is 12.1 Å². The first kappa shape index (κ1) is 17.8. The van der Waals surface area contributed by atoms with Gasteiger partial charge in [-0.25, -0.2) is 0 Å². The second-order valence-electron chi connectivity index (χ2n) is 7.63. The molecule has 136 valence electrons. The van der Waals surface area contributed by atoms with Crippen molar-refractivity contribution in [1.29, 1.82) is 0 Å². The molecule has 1 N–H and O–H groups in total. The number of halogens is 3. The molecule has 0 aromatic heterocycles. The minimum atomic E-state index is -4.47. The van der Waals surface area contributed by atoms with Crippen LogP contribution in [0, 0.1) is 11.3 Å². The maximum absolute atomic E-state index is 12.8. The molecule has 1 aromatic rings. The van der Waals surface area contributed by atoms with Crippen LogP contribution in [0.1, 0.15) is 49.5 Å². The molecule has 0 bridgehead atoms. The average molecular weight is 354 g/mol. The first-order valence-corrected chi connectivity index (χ1v) is 8.29. The molecule has 0 unspecified atom stereocenters. The first-order chi connectivity index (χ1) is 11.6. The highest BCUT2D eigenvalue weighted by molar-refractivity contribution is 5.97. The van der Waals surface area contributed by atoms with E-state index in [0.29, 0.717) is 0 Å². The van der Waals surface area contributed by atoms with Crippen LogP contribution in [0.2, 0.25) is 0 Å². The van der Waals surface area contributed by atoms with E-state index in [2.05, 4.69) is 10.5 Å². The lowest BCUT2D eigenvalue weighted by molar-refractivity contribution is -0.137. The van der Waals surface area contributed by atoms with Gasteiger partial charge in [-0.15, -0.1) is 0 Å². The third-order valence-electron chi connectivity index (χ3n) is 4.74. The lowest BCUT2D eigenvalue weighted by Crippen LogP contribution is -2.44. The van der Waals surface area contributed by atoms with Crippen molar-refractivity contribution in [2.75, 3.05) is 0 Å². The number of amides is 1. The van der Waals surface area contributed by atoms with Crippen LogP contribution in [-0.4, -0.2) is 23.8 Å². The van der Waals surface area contributed by atoms with Crippen molar-refractivity contribution in [3.05, 3.63) is 35.4 Å². The van der Waals surface area contributed by atoms with E-state index in [-0.39, 0.29) is 29.0 Å². The zero-order chi connectivity index (χ0) is 18.4. The molecule has 4 nitrogen and oxygen atoms in total. The Hall–Kier alpha value is -2.05. The highest BCUT2D eigenvalue weighted by Crippen LogP contribution is 2.40. The molecule has 25 heavy (non-hydrogen) atoms. The third kappa shape index (κ3) is 3.50. The minimum absolute atomic E-state index is 0.00596. The van der Waals surface area contributed by atoms with E-state index >= 15 is 0 Å². The molecule has 7 heteroatoms. The highest BCUT2D eigenvalue weighted by Gasteiger charge is 2.48. The zero-order valence-corrected chi connectivity index (χ0v) is 14.4. The topological polar surface area (TPSA) is 50.7 Å². The molecule has 1 aliphatic heterocycles. The van der Waals surface area contributed by atoms with Gasteiger partial charge < -0.3 is 10.2 Å². The predicted molar refractivity (Wildman–Crippen MR) is 87.2 cm³/mol. The Balaban J connectivity index is 1.77. The van der Waals surface area contributed by atoms with E-state index in [1.54, 1.807) is 0 Å². The van der Waals surface area contributed by atoms with E-state index in [9.17, 15) is 18.0 Å². The summed E-state index contributed by atoms with van der Waals surface area (Å²) in [4.78, 5) is 18.0. The van der Waals surface area contributed by atoms with Crippen LogP contribution < -0.4 is 5.32 Å². The van der Waals surface area contributed by atoms with Crippen LogP contribution in [0.5, 0.6) is 0 Å². The van der Waals surface area contributed by atoms with Crippen molar-refractivity contribution in [1.82, 2.24) is 5.32 Å². The molecule has 1 aromatic carbocycles. The van der Waals surface area contributed by atoms with Gasteiger partial charge in [-0.2, -0.15) is 13.2 Å². The number of hydrogen-bond donors (Lipinski definition) is 1. The largest absolute Gasteiger partial charge is 0.416 e. The van der Waals surface area contributed by atoms with Crippen molar-refractivity contribution in [2.45, 2.75) is 51.9 Å². The summed E-state index contributed by atoms with van der Waals surface area (Å²) >= 11 is 0. The number of carbonyl (C=O) groups is 1. The van der Waals surface area contributed by atoms with Gasteiger partial charge in [0.05, 0.1) is 17.2 Å². The maximum Gasteiger partial charge on any atom is 0.416 e. The zero-order valence-electron chi connectivity index (χ0n) is 14.4. The summed E-state index contributed by atoms with van der Waals surface area (Å²) in [6, 6.07) is 4.28. The summed E-state index contributed by atoms with van der Waals surface area (Å²) in [7, 11) is 0. The monoisotopic (exact) mass is 354 g/mol. The van der Waals surface area contributed by atoms with Crippen LogP contribution in [0.15, 0.2) is 29.4 Å². The van der Waals surface area contributed by atoms with Gasteiger partial charge in [0.1, 0.15) is 6.10 Å². The number of carbonyl (C=O) groups excluding carboxylic acids is 1. The van der Waals surface area contributed by atoms with Crippen LogP contribution in [0.4, 0.5) is 13.2 Å². The summed E-state index contributed by atoms with van der Waals surface area (Å²) in [6.45, 7) is 6.09. The van der Waals surface area contributed by atoms with E-state index < -0.39 is 17.6 Å². The number of benzene rings is 1. The number of hydrogen-bond acceptors (Lipinski definition) is 3. The SMILES string of the molecule is CC(C)(C)C1=NO[C@H]2CC[C@H](NC(=O)c3cccc(C(F)(F)F)c3)[C@@H]12. The lowest BCUT2D eigenvalue weighted by atomic mass is 9.79. The van der Waals surface area contributed by atoms with E-state index in [0.717, 1.165) is 30.7 Å². The number of nitrogens with zero attached hydrogens (tertiary/aromatic N) is 1. The van der Waals surface area contributed by atoms with E-state index in [1.807, 2.05) is 20.8 Å². The average Bonchev–Trinajstić information content (AvgIpc) is 3.09. The molecule has 3 atom stereocenters. The fourth-order valence-corrected chi connectivity index (χ4v) is 3.52. The number of fused-ring (bicyclic) bond motifs is 1. The van der Waals surface area contributed by atoms with Gasteiger partial charge in [-0.3, -0.25) is 4.79 Å². The van der Waals surface area contributed by atoms with Crippen molar-refractivity contribution in [3.8, 4) is 0 Å². The molecule has 1 amide bonds. The van der Waals surface area contributed by atoms with Crippen LogP contribution in [0.25, 0.3) is 0 Å². The van der Waals surface area contributed by atoms with Gasteiger partial charge in [0.15, 0.2) is 0 Å². The van der Waals surface area contributed by atoms with Crippen molar-refractivity contribution >= 4 is 11.6 Å². The molecule has 1 fully saturated rings. The van der Waals surface area contributed by atoms with Gasteiger partial charge in [0.25, 0.3) is 5.91 Å². The summed E-state index contributed by atoms with van der Waals surface area (Å²) in [5, 5.41) is 7.06. The first-order valence-electron chi connectivity index (χ1n) is 8.29. The Labute approximate surface area is 144 Å². The molecule has 0 saturated heterocycles. The number of nitrogens with one attached hydrogen (secondary N) is 1. The molecular weight excluding hydrogens is 333 g/mol. The van der Waals surface area contributed by atoms with Gasteiger partial charge in [-0.05, 0) is 31.0 Å². The van der Waals surface area contributed by atoms with Crippen LogP contribution in [0.3, 0.4) is 0 Å². The Morgan fingerprint density at radius 3 is 2.60 bits per heavy atom. The van der Waals surface area contributed by atoms with Crippen molar-refractivity contribution < 1.29 is 22.8 Å². The Kier molecular flexibility index (Phi) is 4.29. The van der Waals surface area contributed by atoms with Crippen molar-refractivity contribution in [2.24, 2.45) is 16.5 Å². The molecular formula is C18H21F3N2O2. The second-order valence-corrected chi connectivity index (χ2v) is 7.63. The van der Waals surface area contributed by atoms with Crippen molar-refractivity contribution in [3.63, 3.8) is 0 Å². The lowest BCUT2D eigenvalue weighted by Gasteiger charge is -2.27. The summed E-state index contributed by atoms with van der Waals surface area (Å²) in [6.07, 6.45) is -3.06. The smallest absolute Gasteiger partial charge is 0.392 e. The second kappa shape index (κ2) is 6.04. The molecule has 0 radical (unpaired) electrons. The van der Waals surface area contributed by atoms with Gasteiger partial charge >= 0.3 is 6.18 Å². The standard InChI is InChI=1S/C18H21F3N2O2/c1-17(2,3)15-14-12(7-8-13(14)25-23-15)22-16(24)10-5-4-6-11(9-10)18(19,20)21/h4-6,9,12-14H,7-8H2,1-3H3,(H,22,24)/t12-,13-,14+/m0/s1. The van der Waals surface area contributed by atoms with Gasteiger partial charge in [0.2, 0.25) is 0 Å². The minimum Gasteiger partial charge on any atom is -0.392 e. The van der Waals surface area contributed by atoms with Gasteiger partial charge in [-0.1, -0.05) is 32.0 Å². The number of rotatable bonds is 2. The summed E-state index contributed by atoms with van der Waals surface area (Å²) < 4.78 is 38.5. The quantitative estimate of drug-likeness (QED) is 0.872. The Bertz CT molecular complexity index is 707. The van der Waals surface area contributed by atoms with Crippen LogP contribution in [-0.2, 0) is 11.0 Å². The molecule has 1 aliphatic carbocycles. The predicted octanol–water partition coefficient (Wildman–Crippen LogP) is 4.01. The molecule has 1 heterocycles. The Morgan fingerprint density at radius 1 is 1.24 bits per heavy atom. The van der Waals surface area contributed by atoms with Crippen LogP contribution >= 0.6 is 0 Å². The molecule has 0 spiro atoms. The molecule has 2 aliphatic rings. The fraction of sp³-hybridized carbons (Fsp3) is 0.556.